The van der Waals surface area contributed by atoms with E-state index in [1.54, 1.807) is 26.5 Å². The fourth-order valence-corrected chi connectivity index (χ4v) is 4.27. The van der Waals surface area contributed by atoms with Crippen molar-refractivity contribution < 1.29 is 40.6 Å². The van der Waals surface area contributed by atoms with Crippen molar-refractivity contribution in [1.82, 2.24) is 4.98 Å². The molecule has 0 aliphatic heterocycles. The maximum Gasteiger partial charge on any atom is 0.255 e. The van der Waals surface area contributed by atoms with E-state index in [0.29, 0.717) is 42.0 Å². The minimum Gasteiger partial charge on any atom is -1.00 e. The summed E-state index contributed by atoms with van der Waals surface area (Å²) in [4.78, 5) is 29.8. The molecule has 8 heteroatoms. The number of carbonyl (C=O) groups excluding carboxylic acids is 2. The number of nitrogens with zero attached hydrogens (tertiary/aromatic N) is 2. The van der Waals surface area contributed by atoms with Crippen LogP contribution in [-0.2, 0) is 19.4 Å². The highest BCUT2D eigenvalue weighted by Crippen LogP contribution is 2.37. The number of hydrogen-bond acceptors (Lipinski definition) is 5. The molecule has 1 aliphatic carbocycles. The van der Waals surface area contributed by atoms with Crippen molar-refractivity contribution in [3.8, 4) is 11.5 Å². The van der Waals surface area contributed by atoms with Gasteiger partial charge in [0, 0.05) is 23.2 Å². The maximum absolute atomic E-state index is 13.1. The number of benzene rings is 1. The van der Waals surface area contributed by atoms with Gasteiger partial charge in [-0.25, -0.2) is 0 Å². The second-order valence-electron chi connectivity index (χ2n) is 8.02. The number of aromatic nitrogens is 2. The number of ketones is 1. The molecule has 33 heavy (non-hydrogen) atoms. The number of halogens is 1. The first-order valence-electron chi connectivity index (χ1n) is 10.4. The van der Waals surface area contributed by atoms with E-state index in [0.717, 1.165) is 22.5 Å². The zero-order valence-corrected chi connectivity index (χ0v) is 20.4. The van der Waals surface area contributed by atoms with Gasteiger partial charge in [-0.15, -0.1) is 0 Å². The lowest BCUT2D eigenvalue weighted by Crippen LogP contribution is -3.00. The van der Waals surface area contributed by atoms with E-state index >= 15 is 0 Å². The second-order valence-corrected chi connectivity index (χ2v) is 8.02. The predicted molar refractivity (Wildman–Crippen MR) is 118 cm³/mol. The standard InChI is InChI=1S/C25H25N3O4.BrH/c1-15-5-4-6-19(27-15)13-28-8-7-16(21(14-28)25(26)30)9-18-10-17-11-22(31-2)23(32-3)12-20(17)24(18)29;/h4-8,11-12,14,18H,9-10,13H2,1-3H3,(H-,26,30);1H. The van der Waals surface area contributed by atoms with Crippen LogP contribution >= 0.6 is 0 Å². The van der Waals surface area contributed by atoms with Gasteiger partial charge >= 0.3 is 0 Å². The van der Waals surface area contributed by atoms with Crippen molar-refractivity contribution >= 4 is 11.7 Å². The summed E-state index contributed by atoms with van der Waals surface area (Å²) >= 11 is 0. The van der Waals surface area contributed by atoms with Crippen molar-refractivity contribution in [2.45, 2.75) is 26.3 Å². The number of aryl methyl sites for hydroxylation is 1. The summed E-state index contributed by atoms with van der Waals surface area (Å²) in [7, 11) is 3.12. The molecule has 2 aromatic heterocycles. The van der Waals surface area contributed by atoms with Crippen LogP contribution in [0.15, 0.2) is 48.8 Å². The number of fused-ring (bicyclic) bond motifs is 1. The highest BCUT2D eigenvalue weighted by Gasteiger charge is 2.33. The quantitative estimate of drug-likeness (QED) is 0.429. The summed E-state index contributed by atoms with van der Waals surface area (Å²) in [5, 5.41) is 0. The van der Waals surface area contributed by atoms with Gasteiger partial charge in [-0.2, -0.15) is 4.57 Å². The topological polar surface area (TPSA) is 95.4 Å². The van der Waals surface area contributed by atoms with Crippen molar-refractivity contribution in [3.63, 3.8) is 0 Å². The number of pyridine rings is 2. The maximum atomic E-state index is 13.1. The van der Waals surface area contributed by atoms with Gasteiger partial charge in [0.1, 0.15) is 11.3 Å². The van der Waals surface area contributed by atoms with Gasteiger partial charge in [0.25, 0.3) is 5.91 Å². The molecule has 0 saturated heterocycles. The van der Waals surface area contributed by atoms with E-state index in [4.69, 9.17) is 15.2 Å². The molecule has 3 aromatic rings. The third-order valence-electron chi connectivity index (χ3n) is 5.84. The Labute approximate surface area is 203 Å². The second kappa shape index (κ2) is 10.1. The summed E-state index contributed by atoms with van der Waals surface area (Å²) in [5.74, 6) is 0.385. The number of ether oxygens (including phenoxy) is 2. The highest BCUT2D eigenvalue weighted by molar-refractivity contribution is 6.03. The molecule has 0 fully saturated rings. The number of amides is 1. The molecular weight excluding hydrogens is 486 g/mol. The fraction of sp³-hybridized carbons (Fsp3) is 0.280. The van der Waals surface area contributed by atoms with Gasteiger partial charge < -0.3 is 32.2 Å². The Balaban J connectivity index is 0.00000306. The summed E-state index contributed by atoms with van der Waals surface area (Å²) < 4.78 is 12.6. The zero-order valence-electron chi connectivity index (χ0n) is 18.8. The van der Waals surface area contributed by atoms with Crippen LogP contribution in [0.2, 0.25) is 0 Å². The van der Waals surface area contributed by atoms with E-state index in [1.165, 1.54) is 0 Å². The molecule has 1 amide bonds. The number of rotatable bonds is 7. The van der Waals surface area contributed by atoms with E-state index in [9.17, 15) is 9.59 Å². The molecule has 0 spiro atoms. The number of nitrogens with two attached hydrogens (primary N) is 1. The molecule has 2 heterocycles. The van der Waals surface area contributed by atoms with Gasteiger partial charge in [0.2, 0.25) is 0 Å². The molecule has 0 saturated carbocycles. The predicted octanol–water partition coefficient (Wildman–Crippen LogP) is -0.556. The number of methoxy groups -OCH3 is 2. The SMILES string of the molecule is COc1cc2c(cc1OC)C(=O)C(Cc1cc[n+](Cc3cccc(C)n3)cc1C(N)=O)C2.[Br-]. The Morgan fingerprint density at radius 1 is 1.18 bits per heavy atom. The highest BCUT2D eigenvalue weighted by atomic mass is 79.9. The molecule has 1 atom stereocenters. The first-order valence-corrected chi connectivity index (χ1v) is 10.4. The Kier molecular flexibility index (Phi) is 7.48. The third-order valence-corrected chi connectivity index (χ3v) is 5.84. The average molecular weight is 512 g/mol. The molecular formula is C25H26BrN3O4. The molecule has 1 aromatic carbocycles. The summed E-state index contributed by atoms with van der Waals surface area (Å²) in [6.45, 7) is 2.46. The molecule has 2 N–H and O–H groups in total. The van der Waals surface area contributed by atoms with Crippen molar-refractivity contribution in [3.05, 3.63) is 82.4 Å². The Morgan fingerprint density at radius 3 is 2.58 bits per heavy atom. The summed E-state index contributed by atoms with van der Waals surface area (Å²) in [5.41, 5.74) is 10.3. The first-order chi connectivity index (χ1) is 15.4. The lowest BCUT2D eigenvalue weighted by molar-refractivity contribution is -0.689. The van der Waals surface area contributed by atoms with E-state index in [1.807, 2.05) is 48.0 Å². The summed E-state index contributed by atoms with van der Waals surface area (Å²) in [6, 6.07) is 11.3. The van der Waals surface area contributed by atoms with Crippen molar-refractivity contribution in [1.29, 1.82) is 0 Å². The first kappa shape index (κ1) is 24.4. The van der Waals surface area contributed by atoms with Crippen LogP contribution in [0.5, 0.6) is 11.5 Å². The Morgan fingerprint density at radius 2 is 1.91 bits per heavy atom. The number of Topliss-reactive ketones (excluding diaryl/α,β-unsaturated/α-hetero) is 1. The number of carbonyl (C=O) groups is 2. The van der Waals surface area contributed by atoms with E-state index in [2.05, 4.69) is 4.98 Å². The van der Waals surface area contributed by atoms with Crippen LogP contribution in [0.3, 0.4) is 0 Å². The smallest absolute Gasteiger partial charge is 0.255 e. The molecule has 0 bridgehead atoms. The third kappa shape index (κ3) is 5.06. The van der Waals surface area contributed by atoms with Crippen molar-refractivity contribution in [2.75, 3.05) is 14.2 Å². The van der Waals surface area contributed by atoms with Crippen LogP contribution < -0.4 is 36.8 Å². The minimum absolute atomic E-state index is 0. The fourth-order valence-electron chi connectivity index (χ4n) is 4.27. The van der Waals surface area contributed by atoms with Crippen LogP contribution in [0.25, 0.3) is 0 Å². The Hall–Kier alpha value is -3.26. The summed E-state index contributed by atoms with van der Waals surface area (Å²) in [6.07, 6.45) is 4.64. The number of primary amides is 1. The van der Waals surface area contributed by atoms with Crippen molar-refractivity contribution in [2.24, 2.45) is 11.7 Å². The molecule has 1 aliphatic rings. The van der Waals surface area contributed by atoms with Gasteiger partial charge in [-0.3, -0.25) is 14.6 Å². The molecule has 7 nitrogen and oxygen atoms in total. The molecule has 4 rings (SSSR count). The molecule has 1 unspecified atom stereocenters. The molecule has 172 valence electrons. The van der Waals surface area contributed by atoms with Gasteiger partial charge in [-0.05, 0) is 55.2 Å². The van der Waals surface area contributed by atoms with Crippen LogP contribution in [-0.4, -0.2) is 30.9 Å². The lowest BCUT2D eigenvalue weighted by atomic mass is 9.93. The zero-order chi connectivity index (χ0) is 22.8. The number of hydrogen-bond donors (Lipinski definition) is 1. The molecule has 0 radical (unpaired) electrons. The lowest BCUT2D eigenvalue weighted by Gasteiger charge is -2.10. The van der Waals surface area contributed by atoms with Crippen LogP contribution in [0, 0.1) is 12.8 Å². The van der Waals surface area contributed by atoms with Gasteiger partial charge in [0.05, 0.1) is 14.2 Å². The van der Waals surface area contributed by atoms with Crippen LogP contribution in [0.1, 0.15) is 43.2 Å². The van der Waals surface area contributed by atoms with Crippen LogP contribution in [0.4, 0.5) is 0 Å². The monoisotopic (exact) mass is 511 g/mol. The normalized spacial score (nSPS) is 14.4. The van der Waals surface area contributed by atoms with Gasteiger partial charge in [0.15, 0.2) is 36.2 Å². The average Bonchev–Trinajstić information content (AvgIpc) is 3.08. The van der Waals surface area contributed by atoms with E-state index in [-0.39, 0.29) is 28.7 Å². The van der Waals surface area contributed by atoms with Gasteiger partial charge in [-0.1, -0.05) is 6.07 Å². The minimum atomic E-state index is -0.516. The Bertz CT molecular complexity index is 1210. The largest absolute Gasteiger partial charge is 1.00 e. The van der Waals surface area contributed by atoms with E-state index < -0.39 is 5.91 Å².